The minimum Gasteiger partial charge on any atom is -0.508 e. The Morgan fingerprint density at radius 2 is 2.03 bits per heavy atom. The Hall–Kier alpha value is -2.82. The van der Waals surface area contributed by atoms with E-state index in [0.29, 0.717) is 30.7 Å². The van der Waals surface area contributed by atoms with Gasteiger partial charge in [-0.1, -0.05) is 34.1 Å². The van der Waals surface area contributed by atoms with Crippen LogP contribution in [0, 0.1) is 11.8 Å². The number of hydrogen-bond donors (Lipinski definition) is 2. The van der Waals surface area contributed by atoms with E-state index in [1.165, 1.54) is 0 Å². The lowest BCUT2D eigenvalue weighted by atomic mass is 9.59. The highest BCUT2D eigenvalue weighted by Crippen LogP contribution is 2.57. The predicted octanol–water partition coefficient (Wildman–Crippen LogP) is 5.09. The summed E-state index contributed by atoms with van der Waals surface area (Å²) in [7, 11) is -2.71. The average molecular weight is 540 g/mol. The van der Waals surface area contributed by atoms with Crippen LogP contribution in [0.5, 0.6) is 5.88 Å². The maximum Gasteiger partial charge on any atom is 0.265 e. The molecule has 0 aromatic carbocycles. The number of aromatic nitrogens is 2. The van der Waals surface area contributed by atoms with Crippen molar-refractivity contribution in [2.45, 2.75) is 83.2 Å². The Morgan fingerprint density at radius 3 is 2.71 bits per heavy atom. The van der Waals surface area contributed by atoms with Gasteiger partial charge in [0.25, 0.3) is 5.88 Å². The molecule has 3 aliphatic carbocycles. The SMILES string of the molecule is CCCCOc1noc2c1C(=O)[C@@]1(O[Si](C)(C)C(C)(C)C)C(O)=C3C(=O)c4cccnc4C[C@H]3C[C@H]1[C@@H]2N. The molecule has 0 fully saturated rings. The largest absolute Gasteiger partial charge is 0.508 e. The van der Waals surface area contributed by atoms with Gasteiger partial charge in [0.1, 0.15) is 11.3 Å². The van der Waals surface area contributed by atoms with Gasteiger partial charge in [-0.05, 0) is 60.6 Å². The number of ether oxygens (including phenoxy) is 1. The van der Waals surface area contributed by atoms with Crippen molar-refractivity contribution in [2.75, 3.05) is 6.61 Å². The van der Waals surface area contributed by atoms with Crippen molar-refractivity contribution in [3.63, 3.8) is 0 Å². The molecule has 0 spiro atoms. The van der Waals surface area contributed by atoms with Crippen molar-refractivity contribution < 1.29 is 28.4 Å². The van der Waals surface area contributed by atoms with Gasteiger partial charge in [-0.15, -0.1) is 0 Å². The van der Waals surface area contributed by atoms with Crippen molar-refractivity contribution in [3.8, 4) is 5.88 Å². The highest BCUT2D eigenvalue weighted by Gasteiger charge is 2.66. The van der Waals surface area contributed by atoms with Crippen LogP contribution in [0.15, 0.2) is 34.2 Å². The summed E-state index contributed by atoms with van der Waals surface area (Å²) in [6, 6.07) is 2.61. The van der Waals surface area contributed by atoms with Gasteiger partial charge in [0.2, 0.25) is 5.78 Å². The fourth-order valence-electron chi connectivity index (χ4n) is 5.73. The van der Waals surface area contributed by atoms with E-state index in [2.05, 4.69) is 30.9 Å². The number of unbranched alkanes of at least 4 members (excludes halogenated alkanes) is 1. The van der Waals surface area contributed by atoms with Gasteiger partial charge in [0.15, 0.2) is 25.5 Å². The molecule has 0 saturated carbocycles. The van der Waals surface area contributed by atoms with E-state index in [9.17, 15) is 14.7 Å². The molecule has 9 nitrogen and oxygen atoms in total. The number of nitrogens with two attached hydrogens (primary N) is 1. The standard InChI is InChI=1S/C28H37N3O6Si/c1-7-8-12-35-26-20-23(36-31-26)21(29)17-13-15-14-18-16(10-9-11-30-18)22(32)19(15)24(33)28(17,25(20)34)37-38(5,6)27(2,3)4/h9-11,15,17,21,33H,7-8,12-14,29H2,1-6H3/t15-,17+,21+,28+/m1/s1. The molecule has 5 rings (SSSR count). The van der Waals surface area contributed by atoms with Crippen molar-refractivity contribution in [1.29, 1.82) is 0 Å². The number of aliphatic hydroxyl groups excluding tert-OH is 1. The topological polar surface area (TPSA) is 138 Å². The van der Waals surface area contributed by atoms with Crippen molar-refractivity contribution in [3.05, 3.63) is 52.2 Å². The molecule has 204 valence electrons. The number of nitrogens with zero attached hydrogens (tertiary/aromatic N) is 2. The Morgan fingerprint density at radius 1 is 1.29 bits per heavy atom. The molecule has 0 bridgehead atoms. The summed E-state index contributed by atoms with van der Waals surface area (Å²) in [5.41, 5.74) is 6.41. The van der Waals surface area contributed by atoms with Gasteiger partial charge in [-0.2, -0.15) is 0 Å². The van der Waals surface area contributed by atoms with E-state index in [1.807, 2.05) is 20.0 Å². The minimum atomic E-state index is -2.71. The molecule has 10 heteroatoms. The van der Waals surface area contributed by atoms with Gasteiger partial charge < -0.3 is 24.5 Å². The first-order chi connectivity index (χ1) is 17.8. The molecule has 0 aliphatic heterocycles. The third-order valence-electron chi connectivity index (χ3n) is 8.84. The van der Waals surface area contributed by atoms with E-state index in [0.717, 1.165) is 12.8 Å². The maximum absolute atomic E-state index is 14.6. The number of pyridine rings is 1. The molecule has 4 atom stereocenters. The third kappa shape index (κ3) is 3.79. The van der Waals surface area contributed by atoms with E-state index >= 15 is 0 Å². The fourth-order valence-corrected chi connectivity index (χ4v) is 7.18. The molecule has 38 heavy (non-hydrogen) atoms. The van der Waals surface area contributed by atoms with Crippen molar-refractivity contribution in [1.82, 2.24) is 10.1 Å². The van der Waals surface area contributed by atoms with E-state index in [-0.39, 0.29) is 45.3 Å². The molecular formula is C28H37N3O6Si. The summed E-state index contributed by atoms with van der Waals surface area (Å²) < 4.78 is 18.4. The molecule has 0 saturated heterocycles. The summed E-state index contributed by atoms with van der Waals surface area (Å²) in [6.07, 6.45) is 4.15. The van der Waals surface area contributed by atoms with Crippen LogP contribution in [0.4, 0.5) is 0 Å². The number of fused-ring (bicyclic) bond motifs is 4. The molecule has 0 amide bonds. The molecule has 3 aliphatic rings. The molecule has 2 aromatic rings. The van der Waals surface area contributed by atoms with Gasteiger partial charge in [0.05, 0.1) is 18.3 Å². The zero-order chi connectivity index (χ0) is 27.6. The monoisotopic (exact) mass is 539 g/mol. The lowest BCUT2D eigenvalue weighted by molar-refractivity contribution is -0.0273. The Bertz CT molecular complexity index is 1330. The summed E-state index contributed by atoms with van der Waals surface area (Å²) in [5.74, 6) is -1.90. The predicted molar refractivity (Wildman–Crippen MR) is 143 cm³/mol. The van der Waals surface area contributed by atoms with Crippen LogP contribution in [-0.2, 0) is 10.8 Å². The molecule has 0 unspecified atom stereocenters. The van der Waals surface area contributed by atoms with Crippen LogP contribution in [0.25, 0.3) is 0 Å². The number of Topliss-reactive ketones (excluding diaryl/α,β-unsaturated/α-hetero) is 2. The first-order valence-corrected chi connectivity index (χ1v) is 16.3. The molecule has 2 heterocycles. The fraction of sp³-hybridized carbons (Fsp3) is 0.571. The van der Waals surface area contributed by atoms with Crippen LogP contribution in [0.2, 0.25) is 18.1 Å². The molecule has 3 N–H and O–H groups in total. The normalized spacial score (nSPS) is 27.0. The Kier molecular flexibility index (Phi) is 6.43. The summed E-state index contributed by atoms with van der Waals surface area (Å²) in [4.78, 5) is 32.8. The quantitative estimate of drug-likeness (QED) is 0.379. The second-order valence-corrected chi connectivity index (χ2v) is 16.9. The molecule has 0 radical (unpaired) electrons. The highest BCUT2D eigenvalue weighted by molar-refractivity contribution is 6.74. The summed E-state index contributed by atoms with van der Waals surface area (Å²) >= 11 is 0. The lowest BCUT2D eigenvalue weighted by Crippen LogP contribution is -2.64. The minimum absolute atomic E-state index is 0.0509. The number of aliphatic hydroxyl groups is 1. The number of ketones is 2. The van der Waals surface area contributed by atoms with E-state index in [4.69, 9.17) is 19.4 Å². The van der Waals surface area contributed by atoms with Crippen LogP contribution >= 0.6 is 0 Å². The first-order valence-electron chi connectivity index (χ1n) is 13.4. The second kappa shape index (κ2) is 9.13. The summed E-state index contributed by atoms with van der Waals surface area (Å²) in [5, 5.41) is 15.9. The van der Waals surface area contributed by atoms with Gasteiger partial charge in [-0.25, -0.2) is 0 Å². The smallest absolute Gasteiger partial charge is 0.265 e. The Labute approximate surface area is 223 Å². The number of rotatable bonds is 6. The average Bonchev–Trinajstić information content (AvgIpc) is 3.27. The van der Waals surface area contributed by atoms with Crippen LogP contribution in [-0.4, -0.2) is 47.3 Å². The van der Waals surface area contributed by atoms with Crippen molar-refractivity contribution in [2.24, 2.45) is 17.6 Å². The van der Waals surface area contributed by atoms with Crippen molar-refractivity contribution >= 4 is 19.9 Å². The Balaban J connectivity index is 1.73. The number of carbonyl (C=O) groups is 2. The van der Waals surface area contributed by atoms with Gasteiger partial charge >= 0.3 is 0 Å². The van der Waals surface area contributed by atoms with Gasteiger partial charge in [-0.3, -0.25) is 14.6 Å². The zero-order valence-electron chi connectivity index (χ0n) is 23.0. The second-order valence-electron chi connectivity index (χ2n) is 12.2. The van der Waals surface area contributed by atoms with Crippen LogP contribution < -0.4 is 10.5 Å². The first kappa shape index (κ1) is 26.8. The number of carbonyl (C=O) groups excluding carboxylic acids is 2. The number of allylic oxidation sites excluding steroid dienone is 1. The highest BCUT2D eigenvalue weighted by atomic mass is 28.4. The van der Waals surface area contributed by atoms with E-state index < -0.39 is 31.7 Å². The summed E-state index contributed by atoms with van der Waals surface area (Å²) in [6.45, 7) is 12.6. The van der Waals surface area contributed by atoms with Gasteiger partial charge in [0, 0.05) is 23.3 Å². The van der Waals surface area contributed by atoms with Crippen LogP contribution in [0.3, 0.4) is 0 Å². The third-order valence-corrected chi connectivity index (χ3v) is 13.3. The maximum atomic E-state index is 14.6. The zero-order valence-corrected chi connectivity index (χ0v) is 24.0. The lowest BCUT2D eigenvalue weighted by Gasteiger charge is -2.53. The molecular weight excluding hydrogens is 502 g/mol. The molecule has 2 aromatic heterocycles. The number of hydrogen-bond acceptors (Lipinski definition) is 9. The van der Waals surface area contributed by atoms with Crippen LogP contribution in [0.1, 0.15) is 85.2 Å². The van der Waals surface area contributed by atoms with E-state index in [1.54, 1.807) is 18.3 Å².